The third-order valence-electron chi connectivity index (χ3n) is 2.38. The van der Waals surface area contributed by atoms with Crippen LogP contribution in [-0.4, -0.2) is 45.7 Å². The molecule has 0 radical (unpaired) electrons. The number of carboxylic acids is 1. The second-order valence-corrected chi connectivity index (χ2v) is 3.83. The van der Waals surface area contributed by atoms with E-state index in [4.69, 9.17) is 5.11 Å². The van der Waals surface area contributed by atoms with Gasteiger partial charge in [-0.3, -0.25) is 14.7 Å². The van der Waals surface area contributed by atoms with Crippen molar-refractivity contribution < 1.29 is 14.7 Å². The Bertz CT molecular complexity index is 400. The van der Waals surface area contributed by atoms with Crippen molar-refractivity contribution in [2.45, 2.75) is 13.8 Å². The predicted octanol–water partition coefficient (Wildman–Crippen LogP) is 0.511. The van der Waals surface area contributed by atoms with E-state index in [-0.39, 0.29) is 12.5 Å². The molecule has 1 amide bonds. The number of amides is 1. The monoisotopic (exact) mass is 225 g/mol. The molecule has 6 nitrogen and oxygen atoms in total. The molecule has 1 atom stereocenters. The van der Waals surface area contributed by atoms with Gasteiger partial charge in [-0.2, -0.15) is 5.10 Å². The van der Waals surface area contributed by atoms with Crippen LogP contribution in [-0.2, 0) is 4.79 Å². The quantitative estimate of drug-likeness (QED) is 0.781. The molecular weight excluding hydrogens is 210 g/mol. The first-order valence-corrected chi connectivity index (χ1v) is 4.91. The molecule has 0 aliphatic rings. The molecule has 1 aromatic heterocycles. The fourth-order valence-electron chi connectivity index (χ4n) is 1.34. The van der Waals surface area contributed by atoms with E-state index in [9.17, 15) is 9.59 Å². The fraction of sp³-hybridized carbons (Fsp3) is 0.500. The highest BCUT2D eigenvalue weighted by Crippen LogP contribution is 2.08. The molecule has 88 valence electrons. The van der Waals surface area contributed by atoms with Gasteiger partial charge in [-0.15, -0.1) is 0 Å². The molecule has 0 bridgehead atoms. The largest absolute Gasteiger partial charge is 0.481 e. The maximum absolute atomic E-state index is 11.9. The van der Waals surface area contributed by atoms with Gasteiger partial charge in [-0.25, -0.2) is 0 Å². The first kappa shape index (κ1) is 12.2. The smallest absolute Gasteiger partial charge is 0.308 e. The van der Waals surface area contributed by atoms with Crippen LogP contribution in [0.4, 0.5) is 0 Å². The highest BCUT2D eigenvalue weighted by molar-refractivity contribution is 5.95. The van der Waals surface area contributed by atoms with Crippen LogP contribution in [0.5, 0.6) is 0 Å². The summed E-state index contributed by atoms with van der Waals surface area (Å²) in [5, 5.41) is 15.2. The summed E-state index contributed by atoms with van der Waals surface area (Å²) < 4.78 is 0. The Morgan fingerprint density at radius 3 is 2.69 bits per heavy atom. The van der Waals surface area contributed by atoms with Crippen LogP contribution in [0, 0.1) is 12.8 Å². The minimum Gasteiger partial charge on any atom is -0.481 e. The normalized spacial score (nSPS) is 12.2. The Morgan fingerprint density at radius 2 is 2.25 bits per heavy atom. The molecule has 2 N–H and O–H groups in total. The Kier molecular flexibility index (Phi) is 3.65. The Hall–Kier alpha value is -1.85. The third kappa shape index (κ3) is 2.59. The number of nitrogens with one attached hydrogen (secondary N) is 1. The number of H-pyrrole nitrogens is 1. The van der Waals surface area contributed by atoms with Crippen molar-refractivity contribution in [3.05, 3.63) is 17.5 Å². The van der Waals surface area contributed by atoms with Gasteiger partial charge in [0.15, 0.2) is 0 Å². The SMILES string of the molecule is Cc1[nH]ncc1C(=O)N(C)CC(C)C(=O)O. The average Bonchev–Trinajstić information content (AvgIpc) is 2.62. The third-order valence-corrected chi connectivity index (χ3v) is 2.38. The molecule has 0 saturated heterocycles. The first-order chi connectivity index (χ1) is 7.43. The second-order valence-electron chi connectivity index (χ2n) is 3.83. The summed E-state index contributed by atoms with van der Waals surface area (Å²) in [5.74, 6) is -1.72. The minimum absolute atomic E-state index is 0.179. The van der Waals surface area contributed by atoms with Gasteiger partial charge in [0, 0.05) is 19.3 Å². The van der Waals surface area contributed by atoms with Gasteiger partial charge in [-0.05, 0) is 6.92 Å². The van der Waals surface area contributed by atoms with Crippen molar-refractivity contribution in [1.82, 2.24) is 15.1 Å². The number of aromatic nitrogens is 2. The van der Waals surface area contributed by atoms with Crippen molar-refractivity contribution in [2.75, 3.05) is 13.6 Å². The van der Waals surface area contributed by atoms with Crippen LogP contribution in [0.1, 0.15) is 23.0 Å². The number of carboxylic acid groups (broad SMARTS) is 1. The zero-order chi connectivity index (χ0) is 12.3. The topological polar surface area (TPSA) is 86.3 Å². The molecule has 0 aliphatic heterocycles. The van der Waals surface area contributed by atoms with Gasteiger partial charge in [0.25, 0.3) is 5.91 Å². The summed E-state index contributed by atoms with van der Waals surface area (Å²) in [6, 6.07) is 0. The molecule has 1 aromatic rings. The number of carbonyl (C=O) groups is 2. The number of aryl methyl sites for hydroxylation is 1. The predicted molar refractivity (Wildman–Crippen MR) is 57.1 cm³/mol. The standard InChI is InChI=1S/C10H15N3O3/c1-6(10(15)16)5-13(3)9(14)8-4-11-12-7(8)2/h4,6H,5H2,1-3H3,(H,11,12)(H,15,16). The van der Waals surface area contributed by atoms with Crippen LogP contribution in [0.25, 0.3) is 0 Å². The van der Waals surface area contributed by atoms with Crippen molar-refractivity contribution >= 4 is 11.9 Å². The molecule has 0 fully saturated rings. The molecule has 0 aromatic carbocycles. The zero-order valence-electron chi connectivity index (χ0n) is 9.52. The maximum atomic E-state index is 11.9. The number of hydrogen-bond donors (Lipinski definition) is 2. The molecule has 0 aliphatic carbocycles. The fourth-order valence-corrected chi connectivity index (χ4v) is 1.34. The van der Waals surface area contributed by atoms with Crippen LogP contribution in [0.2, 0.25) is 0 Å². The van der Waals surface area contributed by atoms with E-state index in [2.05, 4.69) is 10.2 Å². The zero-order valence-corrected chi connectivity index (χ0v) is 9.52. The molecule has 0 saturated carbocycles. The van der Waals surface area contributed by atoms with Crippen molar-refractivity contribution in [2.24, 2.45) is 5.92 Å². The Morgan fingerprint density at radius 1 is 1.62 bits per heavy atom. The molecule has 6 heteroatoms. The molecule has 1 unspecified atom stereocenters. The first-order valence-electron chi connectivity index (χ1n) is 4.91. The highest BCUT2D eigenvalue weighted by atomic mass is 16.4. The Balaban J connectivity index is 2.69. The second kappa shape index (κ2) is 4.78. The number of hydrogen-bond acceptors (Lipinski definition) is 3. The summed E-state index contributed by atoms with van der Waals surface area (Å²) in [7, 11) is 1.58. The molecule has 1 heterocycles. The van der Waals surface area contributed by atoms with E-state index < -0.39 is 11.9 Å². The number of aromatic amines is 1. The maximum Gasteiger partial charge on any atom is 0.308 e. The summed E-state index contributed by atoms with van der Waals surface area (Å²) in [5.41, 5.74) is 1.15. The van der Waals surface area contributed by atoms with Crippen LogP contribution in [0.3, 0.4) is 0 Å². The number of nitrogens with zero attached hydrogens (tertiary/aromatic N) is 2. The average molecular weight is 225 g/mol. The molecule has 16 heavy (non-hydrogen) atoms. The van der Waals surface area contributed by atoms with Crippen molar-refractivity contribution in [1.29, 1.82) is 0 Å². The van der Waals surface area contributed by atoms with E-state index >= 15 is 0 Å². The summed E-state index contributed by atoms with van der Waals surface area (Å²) in [4.78, 5) is 23.9. The van der Waals surface area contributed by atoms with E-state index in [0.717, 1.165) is 0 Å². The highest BCUT2D eigenvalue weighted by Gasteiger charge is 2.20. The molecule has 1 rings (SSSR count). The number of aliphatic carboxylic acids is 1. The number of rotatable bonds is 4. The van der Waals surface area contributed by atoms with Crippen LogP contribution < -0.4 is 0 Å². The van der Waals surface area contributed by atoms with E-state index in [1.807, 2.05) is 0 Å². The lowest BCUT2D eigenvalue weighted by molar-refractivity contribution is -0.141. The summed E-state index contributed by atoms with van der Waals surface area (Å²) in [6.07, 6.45) is 1.44. The van der Waals surface area contributed by atoms with Crippen LogP contribution >= 0.6 is 0 Å². The Labute approximate surface area is 93.3 Å². The van der Waals surface area contributed by atoms with Crippen LogP contribution in [0.15, 0.2) is 6.20 Å². The number of carbonyl (C=O) groups excluding carboxylic acids is 1. The minimum atomic E-state index is -0.913. The van der Waals surface area contributed by atoms with Gasteiger partial charge in [0.1, 0.15) is 0 Å². The lowest BCUT2D eigenvalue weighted by atomic mass is 10.1. The van der Waals surface area contributed by atoms with E-state index in [1.165, 1.54) is 11.1 Å². The van der Waals surface area contributed by atoms with E-state index in [0.29, 0.717) is 11.3 Å². The van der Waals surface area contributed by atoms with Gasteiger partial charge >= 0.3 is 5.97 Å². The van der Waals surface area contributed by atoms with Gasteiger partial charge < -0.3 is 10.0 Å². The van der Waals surface area contributed by atoms with Gasteiger partial charge in [0.05, 0.1) is 17.7 Å². The van der Waals surface area contributed by atoms with Gasteiger partial charge in [-0.1, -0.05) is 6.92 Å². The molecule has 0 spiro atoms. The lowest BCUT2D eigenvalue weighted by Crippen LogP contribution is -2.33. The summed E-state index contributed by atoms with van der Waals surface area (Å²) in [6.45, 7) is 3.49. The van der Waals surface area contributed by atoms with E-state index in [1.54, 1.807) is 20.9 Å². The molecular formula is C10H15N3O3. The van der Waals surface area contributed by atoms with Crippen molar-refractivity contribution in [3.63, 3.8) is 0 Å². The lowest BCUT2D eigenvalue weighted by Gasteiger charge is -2.18. The summed E-state index contributed by atoms with van der Waals surface area (Å²) >= 11 is 0. The van der Waals surface area contributed by atoms with Crippen molar-refractivity contribution in [3.8, 4) is 0 Å². The van der Waals surface area contributed by atoms with Gasteiger partial charge in [0.2, 0.25) is 0 Å².